The van der Waals surface area contributed by atoms with Gasteiger partial charge in [0.05, 0.1) is 6.54 Å². The summed E-state index contributed by atoms with van der Waals surface area (Å²) in [4.78, 5) is 10.9. The Bertz CT molecular complexity index is 342. The molecule has 0 aromatic heterocycles. The maximum absolute atomic E-state index is 10.9. The third-order valence-electron chi connectivity index (χ3n) is 2.36. The number of carbonyl (C=O) groups is 1. The van der Waals surface area contributed by atoms with Gasteiger partial charge in [-0.25, -0.2) is 0 Å². The van der Waals surface area contributed by atoms with Crippen LogP contribution in [0.15, 0.2) is 24.3 Å². The summed E-state index contributed by atoms with van der Waals surface area (Å²) in [6, 6.07) is 7.91. The van der Waals surface area contributed by atoms with Gasteiger partial charge in [0.15, 0.2) is 0 Å². The highest BCUT2D eigenvalue weighted by Crippen LogP contribution is 2.27. The number of rotatable bonds is 3. The average Bonchev–Trinajstić information content (AvgIpc) is 2.68. The largest absolute Gasteiger partial charge is 0.488 e. The normalized spacial score (nSPS) is 18.1. The van der Waals surface area contributed by atoms with Gasteiger partial charge in [0.1, 0.15) is 17.7 Å². The van der Waals surface area contributed by atoms with Gasteiger partial charge in [-0.1, -0.05) is 18.2 Å². The molecule has 0 spiro atoms. The zero-order valence-electron chi connectivity index (χ0n) is 8.20. The molecule has 3 nitrogen and oxygen atoms in total. The van der Waals surface area contributed by atoms with Gasteiger partial charge >= 0.3 is 0 Å². The highest BCUT2D eigenvalue weighted by atomic mass is 35.5. The molecule has 1 aromatic carbocycles. The summed E-state index contributed by atoms with van der Waals surface area (Å²) in [5, 5.41) is 2.71. The maximum atomic E-state index is 10.9. The van der Waals surface area contributed by atoms with Crippen molar-refractivity contribution in [3.63, 3.8) is 0 Å². The first-order valence-electron chi connectivity index (χ1n) is 4.87. The van der Waals surface area contributed by atoms with E-state index >= 15 is 0 Å². The second-order valence-electron chi connectivity index (χ2n) is 3.49. The number of alkyl halides is 1. The lowest BCUT2D eigenvalue weighted by molar-refractivity contribution is -0.119. The molecule has 1 aliphatic heterocycles. The second kappa shape index (κ2) is 4.53. The number of ether oxygens (including phenoxy) is 1. The molecule has 1 heterocycles. The van der Waals surface area contributed by atoms with Gasteiger partial charge in [-0.2, -0.15) is 0 Å². The second-order valence-corrected chi connectivity index (χ2v) is 3.76. The van der Waals surface area contributed by atoms with Gasteiger partial charge in [0, 0.05) is 6.42 Å². The fourth-order valence-electron chi connectivity index (χ4n) is 1.64. The third kappa shape index (κ3) is 2.42. The molecule has 1 atom stereocenters. The van der Waals surface area contributed by atoms with Gasteiger partial charge < -0.3 is 10.1 Å². The minimum Gasteiger partial charge on any atom is -0.488 e. The Labute approximate surface area is 93.4 Å². The number of fused-ring (bicyclic) bond motifs is 1. The number of hydrogen-bond donors (Lipinski definition) is 1. The molecule has 80 valence electrons. The zero-order chi connectivity index (χ0) is 10.7. The van der Waals surface area contributed by atoms with E-state index < -0.39 is 0 Å². The van der Waals surface area contributed by atoms with Gasteiger partial charge in [0.2, 0.25) is 5.91 Å². The van der Waals surface area contributed by atoms with Crippen LogP contribution in [0, 0.1) is 0 Å². The van der Waals surface area contributed by atoms with Gasteiger partial charge in [0.25, 0.3) is 0 Å². The highest BCUT2D eigenvalue weighted by molar-refractivity contribution is 6.27. The van der Waals surface area contributed by atoms with E-state index in [9.17, 15) is 4.79 Å². The van der Waals surface area contributed by atoms with E-state index in [2.05, 4.69) is 5.32 Å². The Kier molecular flexibility index (Phi) is 3.11. The molecule has 0 fully saturated rings. The molecule has 1 unspecified atom stereocenters. The predicted molar refractivity (Wildman–Crippen MR) is 58.3 cm³/mol. The monoisotopic (exact) mass is 225 g/mol. The molecule has 1 amide bonds. The minimum absolute atomic E-state index is 0.000329. The number of nitrogens with one attached hydrogen (secondary N) is 1. The van der Waals surface area contributed by atoms with E-state index in [0.29, 0.717) is 6.54 Å². The molecule has 2 rings (SSSR count). The van der Waals surface area contributed by atoms with Crippen molar-refractivity contribution in [3.05, 3.63) is 29.8 Å². The predicted octanol–water partition coefficient (Wildman–Crippen LogP) is 1.35. The number of halogens is 1. The van der Waals surface area contributed by atoms with Crippen LogP contribution in [0.5, 0.6) is 5.75 Å². The molecule has 0 aliphatic carbocycles. The van der Waals surface area contributed by atoms with E-state index in [1.807, 2.05) is 24.3 Å². The molecular weight excluding hydrogens is 214 g/mol. The van der Waals surface area contributed by atoms with E-state index in [1.54, 1.807) is 0 Å². The molecule has 0 saturated carbocycles. The van der Waals surface area contributed by atoms with Crippen LogP contribution in [0.1, 0.15) is 5.56 Å². The Morgan fingerprint density at radius 1 is 1.53 bits per heavy atom. The van der Waals surface area contributed by atoms with E-state index in [1.165, 1.54) is 5.56 Å². The van der Waals surface area contributed by atoms with Crippen LogP contribution >= 0.6 is 11.6 Å². The fraction of sp³-hybridized carbons (Fsp3) is 0.364. The lowest BCUT2D eigenvalue weighted by Gasteiger charge is -2.10. The quantitative estimate of drug-likeness (QED) is 0.789. The molecular formula is C11H12ClNO2. The molecule has 0 radical (unpaired) electrons. The molecule has 1 N–H and O–H groups in total. The number of amides is 1. The lowest BCUT2D eigenvalue weighted by Crippen LogP contribution is -2.35. The topological polar surface area (TPSA) is 38.3 Å². The SMILES string of the molecule is O=C(CCl)NCC1Cc2ccccc2O1. The maximum Gasteiger partial charge on any atom is 0.235 e. The van der Waals surface area contributed by atoms with Crippen molar-refractivity contribution in [1.82, 2.24) is 5.32 Å². The van der Waals surface area contributed by atoms with E-state index in [0.717, 1.165) is 12.2 Å². The van der Waals surface area contributed by atoms with Crippen LogP contribution < -0.4 is 10.1 Å². The summed E-state index contributed by atoms with van der Waals surface area (Å²) in [5.74, 6) is 0.762. The molecule has 0 bridgehead atoms. The molecule has 15 heavy (non-hydrogen) atoms. The van der Waals surface area contributed by atoms with Crippen LogP contribution in [-0.4, -0.2) is 24.4 Å². The van der Waals surface area contributed by atoms with Crippen LogP contribution in [0.2, 0.25) is 0 Å². The van der Waals surface area contributed by atoms with Crippen molar-refractivity contribution in [2.45, 2.75) is 12.5 Å². The number of para-hydroxylation sites is 1. The fourth-order valence-corrected chi connectivity index (χ4v) is 1.74. The summed E-state index contributed by atoms with van der Waals surface area (Å²) in [6.45, 7) is 0.514. The standard InChI is InChI=1S/C11H12ClNO2/c12-6-11(14)13-7-9-5-8-3-1-2-4-10(8)15-9/h1-4,9H,5-7H2,(H,13,14). The van der Waals surface area contributed by atoms with E-state index in [4.69, 9.17) is 16.3 Å². The first-order valence-corrected chi connectivity index (χ1v) is 5.40. The Hall–Kier alpha value is -1.22. The van der Waals surface area contributed by atoms with Crippen molar-refractivity contribution in [3.8, 4) is 5.75 Å². The van der Waals surface area contributed by atoms with Crippen molar-refractivity contribution in [2.75, 3.05) is 12.4 Å². The molecule has 1 aromatic rings. The van der Waals surface area contributed by atoms with Gasteiger partial charge in [-0.15, -0.1) is 11.6 Å². The zero-order valence-corrected chi connectivity index (χ0v) is 8.96. The van der Waals surface area contributed by atoms with Crippen LogP contribution in [0.4, 0.5) is 0 Å². The van der Waals surface area contributed by atoms with Crippen molar-refractivity contribution in [2.24, 2.45) is 0 Å². The summed E-state index contributed by atoms with van der Waals surface area (Å²) in [5.41, 5.74) is 1.20. The molecule has 1 aliphatic rings. The number of benzene rings is 1. The minimum atomic E-state index is -0.156. The third-order valence-corrected chi connectivity index (χ3v) is 2.60. The Morgan fingerprint density at radius 3 is 3.07 bits per heavy atom. The first-order chi connectivity index (χ1) is 7.29. The van der Waals surface area contributed by atoms with Gasteiger partial charge in [-0.05, 0) is 11.6 Å². The summed E-state index contributed by atoms with van der Waals surface area (Å²) >= 11 is 5.37. The van der Waals surface area contributed by atoms with Crippen molar-refractivity contribution >= 4 is 17.5 Å². The van der Waals surface area contributed by atoms with E-state index in [-0.39, 0.29) is 17.9 Å². The molecule has 0 saturated heterocycles. The highest BCUT2D eigenvalue weighted by Gasteiger charge is 2.22. The smallest absolute Gasteiger partial charge is 0.235 e. The van der Waals surface area contributed by atoms with Crippen molar-refractivity contribution < 1.29 is 9.53 Å². The van der Waals surface area contributed by atoms with Crippen LogP contribution in [0.25, 0.3) is 0 Å². The summed E-state index contributed by atoms with van der Waals surface area (Å²) in [6.07, 6.45) is 0.883. The lowest BCUT2D eigenvalue weighted by atomic mass is 10.1. The van der Waals surface area contributed by atoms with Gasteiger partial charge in [-0.3, -0.25) is 4.79 Å². The average molecular weight is 226 g/mol. The summed E-state index contributed by atoms with van der Waals surface area (Å²) in [7, 11) is 0. The molecule has 4 heteroatoms. The first kappa shape index (κ1) is 10.3. The van der Waals surface area contributed by atoms with Crippen LogP contribution in [-0.2, 0) is 11.2 Å². The number of carbonyl (C=O) groups excluding carboxylic acids is 1. The summed E-state index contributed by atoms with van der Waals surface area (Å²) < 4.78 is 5.64. The Morgan fingerprint density at radius 2 is 2.33 bits per heavy atom. The van der Waals surface area contributed by atoms with Crippen LogP contribution in [0.3, 0.4) is 0 Å². The Balaban J connectivity index is 1.88. The number of hydrogen-bond acceptors (Lipinski definition) is 2. The van der Waals surface area contributed by atoms with Crippen molar-refractivity contribution in [1.29, 1.82) is 0 Å².